The highest BCUT2D eigenvalue weighted by Crippen LogP contribution is 2.43. The van der Waals surface area contributed by atoms with Gasteiger partial charge >= 0.3 is 12.4 Å². The van der Waals surface area contributed by atoms with Crippen LogP contribution in [0.2, 0.25) is 0 Å². The molecule has 5 rings (SSSR count). The van der Waals surface area contributed by atoms with Crippen molar-refractivity contribution in [2.24, 2.45) is 11.8 Å². The van der Waals surface area contributed by atoms with Crippen LogP contribution in [0.25, 0.3) is 5.65 Å². The van der Waals surface area contributed by atoms with Gasteiger partial charge in [0.05, 0.1) is 36.6 Å². The van der Waals surface area contributed by atoms with Gasteiger partial charge in [0.2, 0.25) is 11.8 Å². The molecule has 1 unspecified atom stereocenters. The van der Waals surface area contributed by atoms with E-state index in [4.69, 9.17) is 0 Å². The second kappa shape index (κ2) is 11.9. The van der Waals surface area contributed by atoms with E-state index in [0.717, 1.165) is 12.8 Å². The van der Waals surface area contributed by atoms with E-state index in [1.54, 1.807) is 6.07 Å². The lowest BCUT2D eigenvalue weighted by molar-refractivity contribution is -0.144. The monoisotopic (exact) mass is 633 g/mol. The molecular formula is C27H27F8N7O2. The smallest absolute Gasteiger partial charge is 0.349 e. The van der Waals surface area contributed by atoms with Crippen LogP contribution in [0.5, 0.6) is 0 Å². The van der Waals surface area contributed by atoms with Crippen LogP contribution in [0.3, 0.4) is 0 Å². The quantitative estimate of drug-likeness (QED) is 0.291. The van der Waals surface area contributed by atoms with Crippen LogP contribution in [0.15, 0.2) is 30.9 Å². The van der Waals surface area contributed by atoms with Gasteiger partial charge in [-0.05, 0) is 49.1 Å². The minimum Gasteiger partial charge on any atom is -0.349 e. The molecular weight excluding hydrogens is 606 g/mol. The molecule has 2 N–H and O–H groups in total. The lowest BCUT2D eigenvalue weighted by atomic mass is 9.81. The second-order valence-electron chi connectivity index (χ2n) is 11.2. The van der Waals surface area contributed by atoms with Crippen molar-refractivity contribution >= 4 is 17.5 Å². The van der Waals surface area contributed by atoms with Crippen molar-refractivity contribution in [3.8, 4) is 0 Å². The zero-order chi connectivity index (χ0) is 31.9. The number of hydrogen-bond acceptors (Lipinski definition) is 6. The third-order valence-electron chi connectivity index (χ3n) is 7.79. The summed E-state index contributed by atoms with van der Waals surface area (Å²) in [5.41, 5.74) is -0.950. The van der Waals surface area contributed by atoms with Crippen molar-refractivity contribution in [3.05, 3.63) is 53.5 Å². The van der Waals surface area contributed by atoms with Gasteiger partial charge in [-0.2, -0.15) is 31.4 Å². The molecule has 2 aliphatic carbocycles. The Morgan fingerprint density at radius 1 is 0.955 bits per heavy atom. The van der Waals surface area contributed by atoms with Gasteiger partial charge in [-0.1, -0.05) is 0 Å². The van der Waals surface area contributed by atoms with Gasteiger partial charge in [-0.3, -0.25) is 9.59 Å². The molecule has 0 aromatic carbocycles. The van der Waals surface area contributed by atoms with Gasteiger partial charge in [0.15, 0.2) is 5.65 Å². The SMILES string of the molecule is O=C(CCC(F)(F)F)NC(c1cnn2cc([C@@H](NC(=O)c3cc(C(F)(F)F)ncn3)C3CCC(F)(F)CC3)nc2c1)C1CC1. The Hall–Kier alpha value is -3.92. The van der Waals surface area contributed by atoms with Crippen LogP contribution in [0.1, 0.15) is 90.9 Å². The number of rotatable bonds is 9. The van der Waals surface area contributed by atoms with E-state index >= 15 is 0 Å². The number of nitrogens with zero attached hydrogens (tertiary/aromatic N) is 5. The molecule has 3 aromatic heterocycles. The molecule has 0 bridgehead atoms. The van der Waals surface area contributed by atoms with E-state index in [1.807, 2.05) is 0 Å². The van der Waals surface area contributed by atoms with Crippen molar-refractivity contribution in [1.82, 2.24) is 35.2 Å². The zero-order valence-corrected chi connectivity index (χ0v) is 22.9. The average molecular weight is 634 g/mol. The fraction of sp³-hybridized carbons (Fsp3) is 0.556. The molecule has 0 spiro atoms. The van der Waals surface area contributed by atoms with Crippen LogP contribution in [0, 0.1) is 11.8 Å². The maximum atomic E-state index is 14.0. The Morgan fingerprint density at radius 3 is 2.27 bits per heavy atom. The highest BCUT2D eigenvalue weighted by atomic mass is 19.4. The first-order chi connectivity index (χ1) is 20.6. The highest BCUT2D eigenvalue weighted by molar-refractivity contribution is 5.92. The average Bonchev–Trinajstić information content (AvgIpc) is 3.70. The van der Waals surface area contributed by atoms with Crippen LogP contribution >= 0.6 is 0 Å². The van der Waals surface area contributed by atoms with E-state index in [-0.39, 0.29) is 30.1 Å². The second-order valence-corrected chi connectivity index (χ2v) is 11.2. The van der Waals surface area contributed by atoms with Gasteiger partial charge in [0.1, 0.15) is 17.7 Å². The standard InChI is InChI=1S/C27H27F8N7O2/c28-25(29)6-3-15(4-7-25)23(41-24(44)17-10-19(27(33,34)35)37-13-36-17)18-12-42-20(39-18)9-16(11-38-42)22(14-1-2-14)40-21(43)5-8-26(30,31)32/h9-15,22-23H,1-8H2,(H,40,43)(H,41,44)/t22?,23-/m0/s1. The number of carbonyl (C=O) groups excluding carboxylic acids is 2. The number of amides is 2. The molecule has 0 saturated heterocycles. The summed E-state index contributed by atoms with van der Waals surface area (Å²) in [6.45, 7) is 0. The molecule has 2 amide bonds. The molecule has 0 aliphatic heterocycles. The summed E-state index contributed by atoms with van der Waals surface area (Å²) < 4.78 is 106. The van der Waals surface area contributed by atoms with Crippen molar-refractivity contribution in [1.29, 1.82) is 0 Å². The number of hydrogen-bond donors (Lipinski definition) is 2. The Morgan fingerprint density at radius 2 is 1.64 bits per heavy atom. The lowest BCUT2D eigenvalue weighted by Crippen LogP contribution is -2.37. The van der Waals surface area contributed by atoms with E-state index in [9.17, 15) is 44.7 Å². The predicted octanol–water partition coefficient (Wildman–Crippen LogP) is 5.74. The molecule has 44 heavy (non-hydrogen) atoms. The Kier molecular flexibility index (Phi) is 8.50. The molecule has 2 aliphatic rings. The fourth-order valence-electron chi connectivity index (χ4n) is 5.31. The van der Waals surface area contributed by atoms with Crippen LogP contribution in [-0.2, 0) is 11.0 Å². The Labute approximate surface area is 244 Å². The molecule has 9 nitrogen and oxygen atoms in total. The molecule has 2 fully saturated rings. The Bertz CT molecular complexity index is 1510. The number of fused-ring (bicyclic) bond motifs is 1. The van der Waals surface area contributed by atoms with E-state index < -0.39 is 85.2 Å². The van der Waals surface area contributed by atoms with Gasteiger partial charge in [-0.15, -0.1) is 0 Å². The van der Waals surface area contributed by atoms with E-state index in [0.29, 0.717) is 18.0 Å². The zero-order valence-electron chi connectivity index (χ0n) is 22.9. The number of alkyl halides is 8. The summed E-state index contributed by atoms with van der Waals surface area (Å²) in [5, 5.41) is 9.55. The summed E-state index contributed by atoms with van der Waals surface area (Å²) in [4.78, 5) is 36.6. The first kappa shape index (κ1) is 31.5. The van der Waals surface area contributed by atoms with E-state index in [2.05, 4.69) is 30.7 Å². The Balaban J connectivity index is 1.41. The summed E-state index contributed by atoms with van der Waals surface area (Å²) in [7, 11) is 0. The number of imidazole rings is 1. The summed E-state index contributed by atoms with van der Waals surface area (Å²) in [6, 6.07) is 0.469. The summed E-state index contributed by atoms with van der Waals surface area (Å²) in [6.07, 6.45) is -7.24. The third kappa shape index (κ3) is 7.77. The molecule has 3 heterocycles. The normalized spacial score (nSPS) is 19.0. The lowest BCUT2D eigenvalue weighted by Gasteiger charge is -2.33. The molecule has 3 aromatic rings. The maximum Gasteiger partial charge on any atom is 0.433 e. The maximum absolute atomic E-state index is 14.0. The first-order valence-electron chi connectivity index (χ1n) is 13.9. The number of nitrogens with one attached hydrogen (secondary N) is 2. The predicted molar refractivity (Wildman–Crippen MR) is 136 cm³/mol. The van der Waals surface area contributed by atoms with Gasteiger partial charge in [-0.25, -0.2) is 28.2 Å². The van der Waals surface area contributed by atoms with E-state index in [1.165, 1.54) is 16.9 Å². The van der Waals surface area contributed by atoms with Crippen LogP contribution < -0.4 is 10.6 Å². The van der Waals surface area contributed by atoms with Gasteiger partial charge in [0.25, 0.3) is 5.91 Å². The molecule has 2 atom stereocenters. The van der Waals surface area contributed by atoms with Crippen molar-refractivity contribution in [2.75, 3.05) is 0 Å². The summed E-state index contributed by atoms with van der Waals surface area (Å²) >= 11 is 0. The third-order valence-corrected chi connectivity index (χ3v) is 7.79. The summed E-state index contributed by atoms with van der Waals surface area (Å²) in [5.74, 6) is -5.19. The number of halogens is 8. The number of carbonyl (C=O) groups is 2. The fourth-order valence-corrected chi connectivity index (χ4v) is 5.31. The van der Waals surface area contributed by atoms with Crippen LogP contribution in [0.4, 0.5) is 35.1 Å². The minimum absolute atomic E-state index is 0.00418. The minimum atomic E-state index is -4.83. The highest BCUT2D eigenvalue weighted by Gasteiger charge is 2.40. The largest absolute Gasteiger partial charge is 0.433 e. The first-order valence-corrected chi connectivity index (χ1v) is 13.9. The number of aromatic nitrogens is 5. The molecule has 0 radical (unpaired) electrons. The molecule has 2 saturated carbocycles. The van der Waals surface area contributed by atoms with Crippen molar-refractivity contribution in [3.63, 3.8) is 0 Å². The van der Waals surface area contributed by atoms with Crippen molar-refractivity contribution in [2.45, 2.75) is 81.7 Å². The van der Waals surface area contributed by atoms with Crippen molar-refractivity contribution < 1.29 is 44.7 Å². The van der Waals surface area contributed by atoms with Gasteiger partial charge < -0.3 is 10.6 Å². The van der Waals surface area contributed by atoms with Gasteiger partial charge in [0, 0.05) is 25.3 Å². The topological polar surface area (TPSA) is 114 Å². The van der Waals surface area contributed by atoms with Crippen LogP contribution in [-0.4, -0.2) is 48.5 Å². The molecule has 17 heteroatoms. The molecule has 238 valence electrons.